The van der Waals surface area contributed by atoms with Gasteiger partial charge in [0.1, 0.15) is 11.4 Å². The molecule has 4 aromatic rings. The van der Waals surface area contributed by atoms with Crippen molar-refractivity contribution in [1.82, 2.24) is 19.7 Å². The van der Waals surface area contributed by atoms with Crippen LogP contribution in [-0.2, 0) is 0 Å². The Bertz CT molecular complexity index is 1040. The van der Waals surface area contributed by atoms with Crippen molar-refractivity contribution >= 4 is 34.0 Å². The third-order valence-corrected chi connectivity index (χ3v) is 4.61. The van der Waals surface area contributed by atoms with Crippen molar-refractivity contribution in [2.45, 2.75) is 0 Å². The molecule has 8 heteroatoms. The first kappa shape index (κ1) is 16.4. The van der Waals surface area contributed by atoms with Crippen LogP contribution in [0.1, 0.15) is 10.5 Å². The van der Waals surface area contributed by atoms with E-state index in [4.69, 9.17) is 11.6 Å². The predicted octanol–water partition coefficient (Wildman–Crippen LogP) is 4.30. The first-order chi connectivity index (χ1) is 12.7. The van der Waals surface area contributed by atoms with Gasteiger partial charge in [-0.3, -0.25) is 15.1 Å². The molecule has 0 saturated carbocycles. The maximum absolute atomic E-state index is 12.6. The molecule has 0 aliphatic heterocycles. The zero-order chi connectivity index (χ0) is 17.9. The zero-order valence-corrected chi connectivity index (χ0v) is 14.9. The summed E-state index contributed by atoms with van der Waals surface area (Å²) in [5, 5.41) is 10.0. The number of carbonyl (C=O) groups excluding carboxylic acids is 1. The van der Waals surface area contributed by atoms with Gasteiger partial charge in [0.2, 0.25) is 0 Å². The first-order valence-corrected chi connectivity index (χ1v) is 8.95. The van der Waals surface area contributed by atoms with Gasteiger partial charge in [-0.25, -0.2) is 9.67 Å². The summed E-state index contributed by atoms with van der Waals surface area (Å²) in [6.07, 6.45) is 3.28. The van der Waals surface area contributed by atoms with Crippen molar-refractivity contribution in [1.29, 1.82) is 0 Å². The summed E-state index contributed by atoms with van der Waals surface area (Å²) >= 11 is 7.26. The van der Waals surface area contributed by atoms with Crippen LogP contribution >= 0.6 is 22.9 Å². The number of nitrogens with one attached hydrogen (secondary N) is 1. The summed E-state index contributed by atoms with van der Waals surface area (Å²) in [4.78, 5) is 21.3. The fraction of sp³-hybridized carbons (Fsp3) is 0. The minimum Gasteiger partial charge on any atom is -0.296 e. The fourth-order valence-corrected chi connectivity index (χ4v) is 3.21. The molecular weight excluding hydrogens is 370 g/mol. The molecule has 1 aromatic carbocycles. The summed E-state index contributed by atoms with van der Waals surface area (Å²) in [7, 11) is 0. The molecular formula is C18H12ClN5OS. The smallest absolute Gasteiger partial charge is 0.276 e. The van der Waals surface area contributed by atoms with Gasteiger partial charge >= 0.3 is 0 Å². The van der Waals surface area contributed by atoms with Crippen LogP contribution in [-0.4, -0.2) is 25.7 Å². The van der Waals surface area contributed by atoms with E-state index < -0.39 is 0 Å². The van der Waals surface area contributed by atoms with Crippen molar-refractivity contribution in [3.63, 3.8) is 0 Å². The summed E-state index contributed by atoms with van der Waals surface area (Å²) in [5.41, 5.74) is 2.63. The first-order valence-electron chi connectivity index (χ1n) is 7.69. The van der Waals surface area contributed by atoms with Gasteiger partial charge in [-0.15, -0.1) is 11.3 Å². The number of nitrogens with zero attached hydrogens (tertiary/aromatic N) is 4. The molecule has 0 atom stereocenters. The number of thiazole rings is 1. The Hall–Kier alpha value is -3.03. The lowest BCUT2D eigenvalue weighted by atomic mass is 10.3. The summed E-state index contributed by atoms with van der Waals surface area (Å²) in [6, 6.07) is 14.4. The van der Waals surface area contributed by atoms with Crippen molar-refractivity contribution in [3.8, 4) is 17.1 Å². The summed E-state index contributed by atoms with van der Waals surface area (Å²) in [6.45, 7) is 0. The molecule has 0 bridgehead atoms. The molecule has 4 rings (SSSR count). The molecule has 0 aliphatic carbocycles. The molecule has 0 unspecified atom stereocenters. The van der Waals surface area contributed by atoms with Gasteiger partial charge in [0, 0.05) is 16.6 Å². The highest BCUT2D eigenvalue weighted by atomic mass is 35.5. The highest BCUT2D eigenvalue weighted by molar-refractivity contribution is 7.14. The van der Waals surface area contributed by atoms with Gasteiger partial charge in [-0.2, -0.15) is 5.10 Å². The van der Waals surface area contributed by atoms with Crippen molar-refractivity contribution in [2.75, 3.05) is 5.32 Å². The van der Waals surface area contributed by atoms with Crippen LogP contribution in [0.4, 0.5) is 5.13 Å². The lowest BCUT2D eigenvalue weighted by Crippen LogP contribution is -2.16. The van der Waals surface area contributed by atoms with E-state index in [1.165, 1.54) is 11.3 Å². The van der Waals surface area contributed by atoms with E-state index in [0.29, 0.717) is 15.8 Å². The number of amides is 1. The van der Waals surface area contributed by atoms with Crippen LogP contribution in [0.25, 0.3) is 17.1 Å². The lowest BCUT2D eigenvalue weighted by Gasteiger charge is -2.07. The molecule has 6 nitrogen and oxygen atoms in total. The zero-order valence-electron chi connectivity index (χ0n) is 13.3. The fourth-order valence-electron chi connectivity index (χ4n) is 2.39. The van der Waals surface area contributed by atoms with Gasteiger partial charge in [-0.1, -0.05) is 17.7 Å². The number of benzene rings is 1. The monoisotopic (exact) mass is 381 g/mol. The van der Waals surface area contributed by atoms with Gasteiger partial charge in [0.05, 0.1) is 17.6 Å². The van der Waals surface area contributed by atoms with E-state index in [-0.39, 0.29) is 5.91 Å². The molecule has 1 N–H and O–H groups in total. The maximum Gasteiger partial charge on any atom is 0.276 e. The molecule has 0 spiro atoms. The minimum atomic E-state index is -0.292. The Labute approximate surface area is 158 Å². The predicted molar refractivity (Wildman–Crippen MR) is 102 cm³/mol. The Morgan fingerprint density at radius 3 is 2.65 bits per heavy atom. The Kier molecular flexibility index (Phi) is 4.47. The molecule has 1 amide bonds. The van der Waals surface area contributed by atoms with E-state index in [9.17, 15) is 4.79 Å². The van der Waals surface area contributed by atoms with Gasteiger partial charge < -0.3 is 0 Å². The van der Waals surface area contributed by atoms with Crippen LogP contribution in [0, 0.1) is 0 Å². The highest BCUT2D eigenvalue weighted by Crippen LogP contribution is 2.24. The van der Waals surface area contributed by atoms with E-state index in [2.05, 4.69) is 20.4 Å². The van der Waals surface area contributed by atoms with Crippen LogP contribution in [0.3, 0.4) is 0 Å². The van der Waals surface area contributed by atoms with E-state index in [1.54, 1.807) is 47.4 Å². The Morgan fingerprint density at radius 1 is 1.04 bits per heavy atom. The molecule has 3 heterocycles. The number of hydrogen-bond donors (Lipinski definition) is 1. The molecule has 128 valence electrons. The maximum atomic E-state index is 12.6. The van der Waals surface area contributed by atoms with Crippen LogP contribution in [0.15, 0.2) is 66.3 Å². The molecule has 0 aliphatic rings. The van der Waals surface area contributed by atoms with E-state index >= 15 is 0 Å². The third kappa shape index (κ3) is 3.35. The topological polar surface area (TPSA) is 72.7 Å². The normalized spacial score (nSPS) is 10.7. The molecule has 3 aromatic heterocycles. The van der Waals surface area contributed by atoms with Crippen LogP contribution < -0.4 is 5.32 Å². The third-order valence-electron chi connectivity index (χ3n) is 3.60. The van der Waals surface area contributed by atoms with Crippen LogP contribution in [0.5, 0.6) is 0 Å². The van der Waals surface area contributed by atoms with Crippen molar-refractivity contribution in [3.05, 3.63) is 77.0 Å². The Balaban J connectivity index is 1.56. The largest absolute Gasteiger partial charge is 0.296 e. The quantitative estimate of drug-likeness (QED) is 0.572. The van der Waals surface area contributed by atoms with Gasteiger partial charge in [0.25, 0.3) is 5.91 Å². The SMILES string of the molecule is O=C(Nc1nc(-c2ccccn2)cs1)c1ccnn1-c1ccc(Cl)cc1. The number of halogens is 1. The van der Waals surface area contributed by atoms with Gasteiger partial charge in [-0.05, 0) is 42.5 Å². The number of rotatable bonds is 4. The standard InChI is InChI=1S/C18H12ClN5OS/c19-12-4-6-13(7-5-12)24-16(8-10-21-24)17(25)23-18-22-15(11-26-18)14-3-1-2-9-20-14/h1-11H,(H,22,23,25). The van der Waals surface area contributed by atoms with Crippen molar-refractivity contribution in [2.24, 2.45) is 0 Å². The van der Waals surface area contributed by atoms with E-state index in [1.807, 2.05) is 23.6 Å². The number of aromatic nitrogens is 4. The second kappa shape index (κ2) is 7.07. The molecule has 0 saturated heterocycles. The Morgan fingerprint density at radius 2 is 1.88 bits per heavy atom. The van der Waals surface area contributed by atoms with Crippen molar-refractivity contribution < 1.29 is 4.79 Å². The summed E-state index contributed by atoms with van der Waals surface area (Å²) in [5.74, 6) is -0.292. The van der Waals surface area contributed by atoms with Gasteiger partial charge in [0.15, 0.2) is 5.13 Å². The lowest BCUT2D eigenvalue weighted by molar-refractivity contribution is 0.101. The minimum absolute atomic E-state index is 0.292. The highest BCUT2D eigenvalue weighted by Gasteiger charge is 2.15. The second-order valence-corrected chi connectivity index (χ2v) is 6.61. The molecule has 0 radical (unpaired) electrons. The number of anilines is 1. The average molecular weight is 382 g/mol. The molecule has 26 heavy (non-hydrogen) atoms. The summed E-state index contributed by atoms with van der Waals surface area (Å²) < 4.78 is 1.55. The van der Waals surface area contributed by atoms with Crippen LogP contribution in [0.2, 0.25) is 5.02 Å². The average Bonchev–Trinajstić information content (AvgIpc) is 3.33. The number of hydrogen-bond acceptors (Lipinski definition) is 5. The van der Waals surface area contributed by atoms with E-state index in [0.717, 1.165) is 17.1 Å². The number of pyridine rings is 1. The molecule has 0 fully saturated rings. The number of carbonyl (C=O) groups is 1. The second-order valence-electron chi connectivity index (χ2n) is 5.31.